The lowest BCUT2D eigenvalue weighted by Crippen LogP contribution is -1.86. The summed E-state index contributed by atoms with van der Waals surface area (Å²) in [6.45, 7) is 1.84. The molecule has 0 aliphatic carbocycles. The van der Waals surface area contributed by atoms with E-state index < -0.39 is 0 Å². The third kappa shape index (κ3) is 1.24. The highest BCUT2D eigenvalue weighted by atomic mass is 16.5. The molecule has 0 saturated heterocycles. The molecular formula is C8H8N4O. The molecule has 0 fully saturated rings. The van der Waals surface area contributed by atoms with Gasteiger partial charge < -0.3 is 10.3 Å². The van der Waals surface area contributed by atoms with Gasteiger partial charge in [-0.1, -0.05) is 5.16 Å². The van der Waals surface area contributed by atoms with Crippen molar-refractivity contribution in [3.05, 3.63) is 24.3 Å². The number of aromatic nitrogens is 3. The van der Waals surface area contributed by atoms with Crippen molar-refractivity contribution in [2.24, 2.45) is 0 Å². The lowest BCUT2D eigenvalue weighted by atomic mass is 10.1. The van der Waals surface area contributed by atoms with Crippen LogP contribution in [0.4, 0.5) is 5.88 Å². The third-order valence-corrected chi connectivity index (χ3v) is 1.79. The van der Waals surface area contributed by atoms with Crippen LogP contribution in [-0.2, 0) is 0 Å². The van der Waals surface area contributed by atoms with Crippen LogP contribution in [0.25, 0.3) is 11.3 Å². The van der Waals surface area contributed by atoms with Gasteiger partial charge in [0, 0.05) is 23.5 Å². The molecule has 0 aromatic carbocycles. The number of hydrogen-bond donors (Lipinski definition) is 1. The normalized spacial score (nSPS) is 10.2. The van der Waals surface area contributed by atoms with Crippen molar-refractivity contribution in [2.45, 2.75) is 6.92 Å². The first-order valence-corrected chi connectivity index (χ1v) is 3.76. The molecule has 0 spiro atoms. The predicted octanol–water partition coefficient (Wildman–Crippen LogP) is 1.02. The minimum Gasteiger partial charge on any atom is -0.367 e. The molecule has 5 nitrogen and oxygen atoms in total. The highest BCUT2D eigenvalue weighted by Gasteiger charge is 2.10. The van der Waals surface area contributed by atoms with Gasteiger partial charge in [-0.2, -0.15) is 0 Å². The van der Waals surface area contributed by atoms with Crippen LogP contribution in [0.5, 0.6) is 0 Å². The van der Waals surface area contributed by atoms with E-state index in [1.165, 1.54) is 6.33 Å². The topological polar surface area (TPSA) is 77.8 Å². The molecule has 5 heteroatoms. The van der Waals surface area contributed by atoms with E-state index in [-0.39, 0.29) is 0 Å². The molecule has 0 amide bonds. The van der Waals surface area contributed by atoms with E-state index in [4.69, 9.17) is 10.3 Å². The molecule has 0 unspecified atom stereocenters. The zero-order chi connectivity index (χ0) is 9.26. The first kappa shape index (κ1) is 7.72. The molecule has 0 atom stereocenters. The highest BCUT2D eigenvalue weighted by Crippen LogP contribution is 2.24. The van der Waals surface area contributed by atoms with Crippen molar-refractivity contribution in [3.63, 3.8) is 0 Å². The Labute approximate surface area is 74.6 Å². The minimum atomic E-state index is 0.332. The Morgan fingerprint density at radius 3 is 2.54 bits per heavy atom. The number of rotatable bonds is 1. The average molecular weight is 176 g/mol. The summed E-state index contributed by atoms with van der Waals surface area (Å²) in [7, 11) is 0. The lowest BCUT2D eigenvalue weighted by Gasteiger charge is -1.93. The summed E-state index contributed by atoms with van der Waals surface area (Å²) in [5.41, 5.74) is 7.82. The van der Waals surface area contributed by atoms with Crippen molar-refractivity contribution >= 4 is 5.88 Å². The van der Waals surface area contributed by atoms with Crippen LogP contribution in [0.1, 0.15) is 5.56 Å². The van der Waals surface area contributed by atoms with E-state index in [2.05, 4.69) is 15.1 Å². The van der Waals surface area contributed by atoms with Crippen LogP contribution in [0, 0.1) is 6.92 Å². The molecule has 0 aliphatic heterocycles. The summed E-state index contributed by atoms with van der Waals surface area (Å²) in [4.78, 5) is 7.76. The fourth-order valence-electron chi connectivity index (χ4n) is 1.04. The highest BCUT2D eigenvalue weighted by molar-refractivity contribution is 5.64. The third-order valence-electron chi connectivity index (χ3n) is 1.79. The van der Waals surface area contributed by atoms with Gasteiger partial charge in [0.1, 0.15) is 12.0 Å². The summed E-state index contributed by atoms with van der Waals surface area (Å²) in [5.74, 6) is 0.332. The smallest absolute Gasteiger partial charge is 0.225 e. The van der Waals surface area contributed by atoms with Gasteiger partial charge in [0.2, 0.25) is 5.88 Å². The van der Waals surface area contributed by atoms with Crippen molar-refractivity contribution in [1.29, 1.82) is 0 Å². The monoisotopic (exact) mass is 176 g/mol. The van der Waals surface area contributed by atoms with Gasteiger partial charge in [0.05, 0.1) is 0 Å². The van der Waals surface area contributed by atoms with Crippen LogP contribution >= 0.6 is 0 Å². The lowest BCUT2D eigenvalue weighted by molar-refractivity contribution is 0.439. The fourth-order valence-corrected chi connectivity index (χ4v) is 1.04. The Morgan fingerprint density at radius 1 is 1.31 bits per heavy atom. The zero-order valence-corrected chi connectivity index (χ0v) is 7.06. The molecule has 2 aromatic rings. The second-order valence-corrected chi connectivity index (χ2v) is 2.65. The first-order valence-electron chi connectivity index (χ1n) is 3.76. The Hall–Kier alpha value is -1.91. The molecular weight excluding hydrogens is 168 g/mol. The van der Waals surface area contributed by atoms with Crippen LogP contribution in [0.15, 0.2) is 23.2 Å². The SMILES string of the molecule is Cc1c(-c2cncnc2)noc1N. The maximum Gasteiger partial charge on any atom is 0.225 e. The van der Waals surface area contributed by atoms with Crippen molar-refractivity contribution < 1.29 is 4.52 Å². The Bertz CT molecular complexity index is 409. The van der Waals surface area contributed by atoms with E-state index in [1.807, 2.05) is 6.92 Å². The van der Waals surface area contributed by atoms with Crippen molar-refractivity contribution in [2.75, 3.05) is 5.73 Å². The quantitative estimate of drug-likeness (QED) is 0.701. The zero-order valence-electron chi connectivity index (χ0n) is 7.06. The van der Waals surface area contributed by atoms with Crippen molar-refractivity contribution in [1.82, 2.24) is 15.1 Å². The molecule has 0 saturated carbocycles. The molecule has 13 heavy (non-hydrogen) atoms. The second kappa shape index (κ2) is 2.85. The Balaban J connectivity index is 2.53. The summed E-state index contributed by atoms with van der Waals surface area (Å²) in [6, 6.07) is 0. The van der Waals surface area contributed by atoms with Crippen molar-refractivity contribution in [3.8, 4) is 11.3 Å². The summed E-state index contributed by atoms with van der Waals surface area (Å²) in [5, 5.41) is 3.81. The van der Waals surface area contributed by atoms with Gasteiger partial charge in [-0.3, -0.25) is 0 Å². The summed E-state index contributed by atoms with van der Waals surface area (Å²) in [6.07, 6.45) is 4.79. The molecule has 0 aliphatic rings. The maximum absolute atomic E-state index is 5.51. The van der Waals surface area contributed by atoms with Gasteiger partial charge in [-0.15, -0.1) is 0 Å². The molecule has 2 rings (SSSR count). The number of hydrogen-bond acceptors (Lipinski definition) is 5. The largest absolute Gasteiger partial charge is 0.367 e. The predicted molar refractivity (Wildman–Crippen MR) is 46.7 cm³/mol. The molecule has 0 bridgehead atoms. The summed E-state index contributed by atoms with van der Waals surface area (Å²) < 4.78 is 4.82. The van der Waals surface area contributed by atoms with E-state index >= 15 is 0 Å². The average Bonchev–Trinajstić information content (AvgIpc) is 2.49. The molecule has 2 aromatic heterocycles. The van der Waals surface area contributed by atoms with E-state index in [1.54, 1.807) is 12.4 Å². The molecule has 66 valence electrons. The van der Waals surface area contributed by atoms with Gasteiger partial charge in [0.15, 0.2) is 0 Å². The van der Waals surface area contributed by atoms with Gasteiger partial charge in [-0.25, -0.2) is 9.97 Å². The number of anilines is 1. The van der Waals surface area contributed by atoms with Crippen LogP contribution in [0.2, 0.25) is 0 Å². The standard InChI is InChI=1S/C8H8N4O/c1-5-7(12-13-8(5)9)6-2-10-4-11-3-6/h2-4H,9H2,1H3. The first-order chi connectivity index (χ1) is 6.29. The molecule has 2 N–H and O–H groups in total. The molecule has 2 heterocycles. The minimum absolute atomic E-state index is 0.332. The van der Waals surface area contributed by atoms with Gasteiger partial charge in [-0.05, 0) is 6.92 Å². The summed E-state index contributed by atoms with van der Waals surface area (Å²) >= 11 is 0. The van der Waals surface area contributed by atoms with E-state index in [0.717, 1.165) is 11.1 Å². The van der Waals surface area contributed by atoms with Gasteiger partial charge >= 0.3 is 0 Å². The fraction of sp³-hybridized carbons (Fsp3) is 0.125. The Kier molecular flexibility index (Phi) is 1.70. The van der Waals surface area contributed by atoms with Crippen LogP contribution in [-0.4, -0.2) is 15.1 Å². The number of nitrogens with two attached hydrogens (primary N) is 1. The second-order valence-electron chi connectivity index (χ2n) is 2.65. The number of nitrogen functional groups attached to an aromatic ring is 1. The van der Waals surface area contributed by atoms with E-state index in [9.17, 15) is 0 Å². The molecule has 0 radical (unpaired) electrons. The van der Waals surface area contributed by atoms with E-state index in [0.29, 0.717) is 11.6 Å². The Morgan fingerprint density at radius 2 is 2.00 bits per heavy atom. The van der Waals surface area contributed by atoms with Crippen LogP contribution < -0.4 is 5.73 Å². The van der Waals surface area contributed by atoms with Crippen LogP contribution in [0.3, 0.4) is 0 Å². The maximum atomic E-state index is 5.51. The van der Waals surface area contributed by atoms with Gasteiger partial charge in [0.25, 0.3) is 0 Å². The number of nitrogens with zero attached hydrogens (tertiary/aromatic N) is 3.